The molecule has 0 bridgehead atoms. The van der Waals surface area contributed by atoms with Gasteiger partial charge in [-0.15, -0.1) is 0 Å². The number of nitrogens with zero attached hydrogens (tertiary/aromatic N) is 2. The van der Waals surface area contributed by atoms with Gasteiger partial charge in [0.05, 0.1) is 0 Å². The Morgan fingerprint density at radius 2 is 1.79 bits per heavy atom. The lowest BCUT2D eigenvalue weighted by Crippen LogP contribution is -2.18. The lowest BCUT2D eigenvalue weighted by molar-refractivity contribution is 0.642. The van der Waals surface area contributed by atoms with Crippen LogP contribution in [0.25, 0.3) is 0 Å². The van der Waals surface area contributed by atoms with E-state index in [-0.39, 0.29) is 0 Å². The van der Waals surface area contributed by atoms with E-state index in [9.17, 15) is 0 Å². The van der Waals surface area contributed by atoms with Crippen LogP contribution >= 0.6 is 0 Å². The quantitative estimate of drug-likeness (QED) is 0.750. The van der Waals surface area contributed by atoms with Crippen LogP contribution in [0.2, 0.25) is 0 Å². The lowest BCUT2D eigenvalue weighted by Gasteiger charge is -2.18. The Morgan fingerprint density at radius 3 is 2.37 bits per heavy atom. The number of hydrogen-bond acceptors (Lipinski definition) is 4. The minimum atomic E-state index is 0.452. The van der Waals surface area contributed by atoms with Crippen LogP contribution in [0.5, 0.6) is 0 Å². The first-order valence-corrected chi connectivity index (χ1v) is 7.50. The van der Waals surface area contributed by atoms with Gasteiger partial charge in [-0.3, -0.25) is 0 Å². The van der Waals surface area contributed by atoms with Crippen molar-refractivity contribution >= 4 is 11.6 Å². The van der Waals surface area contributed by atoms with Crippen molar-refractivity contribution in [3.63, 3.8) is 0 Å². The van der Waals surface area contributed by atoms with Gasteiger partial charge in [0.25, 0.3) is 0 Å². The summed E-state index contributed by atoms with van der Waals surface area (Å²) in [5.74, 6) is 2.83. The highest BCUT2D eigenvalue weighted by Crippen LogP contribution is 2.21. The molecule has 0 aliphatic carbocycles. The summed E-state index contributed by atoms with van der Waals surface area (Å²) in [7, 11) is 0. The van der Waals surface area contributed by atoms with Gasteiger partial charge in [0.15, 0.2) is 0 Å². The van der Waals surface area contributed by atoms with Crippen molar-refractivity contribution in [3.8, 4) is 0 Å². The van der Waals surface area contributed by atoms with Crippen LogP contribution in [0.3, 0.4) is 0 Å². The molecule has 0 amide bonds. The molecule has 0 aliphatic rings. The average Bonchev–Trinajstić information content (AvgIpc) is 2.41. The van der Waals surface area contributed by atoms with E-state index in [1.807, 2.05) is 0 Å². The van der Waals surface area contributed by atoms with Crippen LogP contribution in [0.1, 0.15) is 58.3 Å². The van der Waals surface area contributed by atoms with Gasteiger partial charge in [-0.05, 0) is 27.2 Å². The molecule has 0 spiro atoms. The number of anilines is 2. The van der Waals surface area contributed by atoms with E-state index in [1.54, 1.807) is 0 Å². The second-order valence-corrected chi connectivity index (χ2v) is 5.03. The van der Waals surface area contributed by atoms with Crippen LogP contribution in [-0.4, -0.2) is 22.6 Å². The average molecular weight is 264 g/mol. The number of unbranched alkanes of at least 4 members (excludes halogenated alkanes) is 1. The molecule has 4 nitrogen and oxygen atoms in total. The molecule has 0 aromatic carbocycles. The fourth-order valence-electron chi connectivity index (χ4n) is 2.02. The molecule has 0 saturated carbocycles. The third-order valence-electron chi connectivity index (χ3n) is 3.23. The van der Waals surface area contributed by atoms with Crippen molar-refractivity contribution in [2.45, 2.75) is 66.3 Å². The molecule has 0 radical (unpaired) electrons. The van der Waals surface area contributed by atoms with Crippen LogP contribution in [0, 0.1) is 6.92 Å². The number of aromatic nitrogens is 2. The van der Waals surface area contributed by atoms with Gasteiger partial charge in [0, 0.05) is 24.6 Å². The molecule has 108 valence electrons. The number of aryl methyl sites for hydroxylation is 1. The second kappa shape index (κ2) is 7.97. The summed E-state index contributed by atoms with van der Waals surface area (Å²) < 4.78 is 0. The molecule has 1 atom stereocenters. The Morgan fingerprint density at radius 1 is 1.11 bits per heavy atom. The minimum absolute atomic E-state index is 0.452. The molecule has 4 heteroatoms. The maximum absolute atomic E-state index is 4.62. The van der Waals surface area contributed by atoms with Gasteiger partial charge < -0.3 is 10.6 Å². The summed E-state index contributed by atoms with van der Waals surface area (Å²) in [4.78, 5) is 9.17. The lowest BCUT2D eigenvalue weighted by atomic mass is 10.1. The fourth-order valence-corrected chi connectivity index (χ4v) is 2.02. The van der Waals surface area contributed by atoms with E-state index in [2.05, 4.69) is 55.2 Å². The molecule has 0 aliphatic heterocycles. The van der Waals surface area contributed by atoms with Crippen molar-refractivity contribution in [1.82, 2.24) is 9.97 Å². The monoisotopic (exact) mass is 264 g/mol. The number of rotatable bonds is 8. The third kappa shape index (κ3) is 4.69. The fraction of sp³-hybridized carbons (Fsp3) is 0.733. The molecule has 1 heterocycles. The Bertz CT molecular complexity index is 390. The van der Waals surface area contributed by atoms with Crippen molar-refractivity contribution in [2.24, 2.45) is 0 Å². The largest absolute Gasteiger partial charge is 0.370 e. The van der Waals surface area contributed by atoms with Crippen molar-refractivity contribution in [2.75, 3.05) is 17.2 Å². The SMILES string of the molecule is CCCCC(C)Nc1nc(CC)nc(NCC)c1C. The first-order valence-electron chi connectivity index (χ1n) is 7.50. The molecular weight excluding hydrogens is 236 g/mol. The summed E-state index contributed by atoms with van der Waals surface area (Å²) in [6, 6.07) is 0.452. The zero-order valence-electron chi connectivity index (χ0n) is 13.0. The Hall–Kier alpha value is -1.32. The predicted molar refractivity (Wildman–Crippen MR) is 82.9 cm³/mol. The van der Waals surface area contributed by atoms with Gasteiger partial charge >= 0.3 is 0 Å². The van der Waals surface area contributed by atoms with Crippen LogP contribution in [0.15, 0.2) is 0 Å². The zero-order valence-corrected chi connectivity index (χ0v) is 13.0. The molecule has 1 aromatic heterocycles. The zero-order chi connectivity index (χ0) is 14.3. The maximum Gasteiger partial charge on any atom is 0.134 e. The predicted octanol–water partition coefficient (Wildman–Crippen LogP) is 3.77. The van der Waals surface area contributed by atoms with Gasteiger partial charge in [-0.1, -0.05) is 26.7 Å². The topological polar surface area (TPSA) is 49.8 Å². The summed E-state index contributed by atoms with van der Waals surface area (Å²) in [6.45, 7) is 11.6. The highest BCUT2D eigenvalue weighted by molar-refractivity contribution is 5.57. The second-order valence-electron chi connectivity index (χ2n) is 5.03. The van der Waals surface area contributed by atoms with Gasteiger partial charge in [0.1, 0.15) is 17.5 Å². The first-order chi connectivity index (χ1) is 9.12. The van der Waals surface area contributed by atoms with Crippen molar-refractivity contribution in [3.05, 3.63) is 11.4 Å². The Labute approximate surface area is 117 Å². The first kappa shape index (κ1) is 15.7. The molecule has 1 rings (SSSR count). The molecule has 0 saturated heterocycles. The van der Waals surface area contributed by atoms with Crippen LogP contribution in [0.4, 0.5) is 11.6 Å². The third-order valence-corrected chi connectivity index (χ3v) is 3.23. The smallest absolute Gasteiger partial charge is 0.134 e. The molecule has 2 N–H and O–H groups in total. The summed E-state index contributed by atoms with van der Waals surface area (Å²) in [5, 5.41) is 6.84. The summed E-state index contributed by atoms with van der Waals surface area (Å²) >= 11 is 0. The van der Waals surface area contributed by atoms with Crippen LogP contribution < -0.4 is 10.6 Å². The highest BCUT2D eigenvalue weighted by Gasteiger charge is 2.11. The normalized spacial score (nSPS) is 12.3. The van der Waals surface area contributed by atoms with E-state index >= 15 is 0 Å². The Balaban J connectivity index is 2.88. The van der Waals surface area contributed by atoms with Crippen LogP contribution in [-0.2, 0) is 6.42 Å². The van der Waals surface area contributed by atoms with E-state index in [0.717, 1.165) is 36.0 Å². The maximum atomic E-state index is 4.62. The summed E-state index contributed by atoms with van der Waals surface area (Å²) in [5.41, 5.74) is 1.11. The summed E-state index contributed by atoms with van der Waals surface area (Å²) in [6.07, 6.45) is 4.52. The molecule has 19 heavy (non-hydrogen) atoms. The Kier molecular flexibility index (Phi) is 6.60. The molecule has 1 aromatic rings. The molecule has 0 fully saturated rings. The highest BCUT2D eigenvalue weighted by atomic mass is 15.1. The minimum Gasteiger partial charge on any atom is -0.370 e. The van der Waals surface area contributed by atoms with Gasteiger partial charge in [-0.25, -0.2) is 9.97 Å². The number of nitrogens with one attached hydrogen (secondary N) is 2. The van der Waals surface area contributed by atoms with E-state index in [4.69, 9.17) is 0 Å². The van der Waals surface area contributed by atoms with E-state index < -0.39 is 0 Å². The number of hydrogen-bond donors (Lipinski definition) is 2. The van der Waals surface area contributed by atoms with Gasteiger partial charge in [0.2, 0.25) is 0 Å². The van der Waals surface area contributed by atoms with Crippen molar-refractivity contribution in [1.29, 1.82) is 0 Å². The molecular formula is C15H28N4. The van der Waals surface area contributed by atoms with Gasteiger partial charge in [-0.2, -0.15) is 0 Å². The van der Waals surface area contributed by atoms with E-state index in [0.29, 0.717) is 6.04 Å². The van der Waals surface area contributed by atoms with E-state index in [1.165, 1.54) is 19.3 Å². The standard InChI is InChI=1S/C15H28N4/c1-6-9-10-11(4)17-15-12(5)14(16-8-3)18-13(7-2)19-15/h11H,6-10H2,1-5H3,(H2,16,17,18,19). The molecule has 1 unspecified atom stereocenters. The van der Waals surface area contributed by atoms with Crippen molar-refractivity contribution < 1.29 is 0 Å².